The van der Waals surface area contributed by atoms with Crippen LogP contribution in [0.15, 0.2) is 33.1 Å². The Bertz CT molecular complexity index is 888. The van der Waals surface area contributed by atoms with E-state index in [0.29, 0.717) is 23.4 Å². The molecule has 1 saturated heterocycles. The highest BCUT2D eigenvalue weighted by atomic mass is 32.2. The smallest absolute Gasteiger partial charge is 0.237 e. The lowest BCUT2D eigenvalue weighted by Crippen LogP contribution is -2.18. The SMILES string of the molecule is CC(C)c1ccc(-c2noc(CSc3nnc(NC[C@H]4CCCO4)s3)n2)cc1. The van der Waals surface area contributed by atoms with Gasteiger partial charge in [0.2, 0.25) is 16.8 Å². The molecule has 28 heavy (non-hydrogen) atoms. The molecule has 9 heteroatoms. The van der Waals surface area contributed by atoms with Crippen LogP contribution in [0, 0.1) is 0 Å². The van der Waals surface area contributed by atoms with Gasteiger partial charge in [0.25, 0.3) is 0 Å². The molecule has 0 spiro atoms. The number of aromatic nitrogens is 4. The van der Waals surface area contributed by atoms with Gasteiger partial charge < -0.3 is 14.6 Å². The number of nitrogens with one attached hydrogen (secondary N) is 1. The van der Waals surface area contributed by atoms with Crippen LogP contribution in [0.5, 0.6) is 0 Å². The molecule has 0 unspecified atom stereocenters. The second-order valence-electron chi connectivity index (χ2n) is 6.97. The molecule has 0 bridgehead atoms. The minimum Gasteiger partial charge on any atom is -0.376 e. The van der Waals surface area contributed by atoms with Crippen LogP contribution in [0.3, 0.4) is 0 Å². The average Bonchev–Trinajstić information content (AvgIpc) is 3.46. The second kappa shape index (κ2) is 9.02. The van der Waals surface area contributed by atoms with Crippen molar-refractivity contribution in [1.29, 1.82) is 0 Å². The molecule has 148 valence electrons. The molecule has 2 aromatic heterocycles. The Labute approximate surface area is 172 Å². The first-order valence-electron chi connectivity index (χ1n) is 9.42. The zero-order valence-electron chi connectivity index (χ0n) is 15.9. The van der Waals surface area contributed by atoms with Gasteiger partial charge in [-0.15, -0.1) is 10.2 Å². The Balaban J connectivity index is 1.29. The van der Waals surface area contributed by atoms with E-state index in [2.05, 4.69) is 51.6 Å². The van der Waals surface area contributed by atoms with Crippen molar-refractivity contribution in [3.05, 3.63) is 35.7 Å². The van der Waals surface area contributed by atoms with Gasteiger partial charge in [0.15, 0.2) is 4.34 Å². The zero-order valence-corrected chi connectivity index (χ0v) is 17.6. The molecule has 0 amide bonds. The van der Waals surface area contributed by atoms with Crippen LogP contribution < -0.4 is 5.32 Å². The van der Waals surface area contributed by atoms with E-state index < -0.39 is 0 Å². The van der Waals surface area contributed by atoms with Crippen LogP contribution in [0.25, 0.3) is 11.4 Å². The summed E-state index contributed by atoms with van der Waals surface area (Å²) in [5.74, 6) is 2.26. The summed E-state index contributed by atoms with van der Waals surface area (Å²) in [6.07, 6.45) is 2.52. The van der Waals surface area contributed by atoms with Crippen molar-refractivity contribution in [1.82, 2.24) is 20.3 Å². The first kappa shape index (κ1) is 19.4. The van der Waals surface area contributed by atoms with Gasteiger partial charge in [-0.3, -0.25) is 0 Å². The summed E-state index contributed by atoms with van der Waals surface area (Å²) in [6.45, 7) is 5.99. The van der Waals surface area contributed by atoms with Crippen molar-refractivity contribution in [2.75, 3.05) is 18.5 Å². The first-order valence-corrected chi connectivity index (χ1v) is 11.2. The molecule has 3 aromatic rings. The summed E-state index contributed by atoms with van der Waals surface area (Å²) < 4.78 is 11.9. The fourth-order valence-electron chi connectivity index (χ4n) is 2.92. The number of ether oxygens (including phenoxy) is 1. The molecule has 3 heterocycles. The Kier molecular flexibility index (Phi) is 6.23. The third kappa shape index (κ3) is 4.89. The van der Waals surface area contributed by atoms with E-state index in [1.165, 1.54) is 16.9 Å². The summed E-state index contributed by atoms with van der Waals surface area (Å²) in [5.41, 5.74) is 2.25. The van der Waals surface area contributed by atoms with Gasteiger partial charge in [0, 0.05) is 18.7 Å². The van der Waals surface area contributed by atoms with Gasteiger partial charge in [0.05, 0.1) is 11.9 Å². The summed E-state index contributed by atoms with van der Waals surface area (Å²) in [6, 6.07) is 8.29. The van der Waals surface area contributed by atoms with Crippen molar-refractivity contribution < 1.29 is 9.26 Å². The van der Waals surface area contributed by atoms with Gasteiger partial charge in [-0.05, 0) is 24.3 Å². The van der Waals surface area contributed by atoms with Crippen molar-refractivity contribution in [2.45, 2.75) is 48.8 Å². The molecular weight excluding hydrogens is 394 g/mol. The molecular formula is C19H23N5O2S2. The molecule has 1 atom stereocenters. The first-order chi connectivity index (χ1) is 13.7. The van der Waals surface area contributed by atoms with Crippen molar-refractivity contribution in [3.8, 4) is 11.4 Å². The second-order valence-corrected chi connectivity index (χ2v) is 9.17. The maximum atomic E-state index is 5.60. The number of benzene rings is 1. The van der Waals surface area contributed by atoms with E-state index in [1.807, 2.05) is 12.1 Å². The van der Waals surface area contributed by atoms with Crippen LogP contribution >= 0.6 is 23.1 Å². The summed E-state index contributed by atoms with van der Waals surface area (Å²) in [5, 5.41) is 16.6. The quantitative estimate of drug-likeness (QED) is 0.533. The van der Waals surface area contributed by atoms with Crippen LogP contribution in [0.4, 0.5) is 5.13 Å². The zero-order chi connectivity index (χ0) is 19.3. The standard InChI is InChI=1S/C19H23N5O2S2/c1-12(2)13-5-7-14(8-6-13)17-21-16(26-24-17)11-27-19-23-22-18(28-19)20-10-15-4-3-9-25-15/h5-8,12,15H,3-4,9-11H2,1-2H3,(H,20,22)/t15-/m1/s1. The Morgan fingerprint density at radius 1 is 1.25 bits per heavy atom. The number of anilines is 1. The fourth-order valence-corrected chi connectivity index (χ4v) is 4.51. The molecule has 0 aliphatic carbocycles. The van der Waals surface area contributed by atoms with E-state index in [-0.39, 0.29) is 6.10 Å². The van der Waals surface area contributed by atoms with E-state index in [9.17, 15) is 0 Å². The van der Waals surface area contributed by atoms with E-state index in [1.54, 1.807) is 11.8 Å². The van der Waals surface area contributed by atoms with Gasteiger partial charge in [-0.1, -0.05) is 66.4 Å². The van der Waals surface area contributed by atoms with Crippen LogP contribution in [-0.2, 0) is 10.5 Å². The van der Waals surface area contributed by atoms with Gasteiger partial charge in [0.1, 0.15) is 0 Å². The Morgan fingerprint density at radius 3 is 2.86 bits per heavy atom. The van der Waals surface area contributed by atoms with Gasteiger partial charge >= 0.3 is 0 Å². The van der Waals surface area contributed by atoms with Crippen molar-refractivity contribution >= 4 is 28.2 Å². The van der Waals surface area contributed by atoms with Crippen LogP contribution in [0.2, 0.25) is 0 Å². The van der Waals surface area contributed by atoms with Crippen LogP contribution in [0.1, 0.15) is 44.1 Å². The molecule has 7 nitrogen and oxygen atoms in total. The lowest BCUT2D eigenvalue weighted by atomic mass is 10.0. The summed E-state index contributed by atoms with van der Waals surface area (Å²) >= 11 is 3.07. The minimum absolute atomic E-state index is 0.284. The Hall–Kier alpha value is -1.97. The number of nitrogens with zero attached hydrogens (tertiary/aromatic N) is 4. The molecule has 0 radical (unpaired) electrons. The minimum atomic E-state index is 0.284. The molecule has 0 saturated carbocycles. The number of hydrogen-bond acceptors (Lipinski definition) is 9. The predicted octanol–water partition coefficient (Wildman–Crippen LogP) is 4.59. The third-order valence-electron chi connectivity index (χ3n) is 4.53. The van der Waals surface area contributed by atoms with Crippen molar-refractivity contribution in [2.24, 2.45) is 0 Å². The van der Waals surface area contributed by atoms with Crippen LogP contribution in [-0.4, -0.2) is 39.6 Å². The normalized spacial score (nSPS) is 16.8. The molecule has 1 aliphatic rings. The van der Waals surface area contributed by atoms with Gasteiger partial charge in [-0.25, -0.2) is 0 Å². The van der Waals surface area contributed by atoms with E-state index >= 15 is 0 Å². The van der Waals surface area contributed by atoms with Gasteiger partial charge in [-0.2, -0.15) is 4.98 Å². The predicted molar refractivity (Wildman–Crippen MR) is 111 cm³/mol. The summed E-state index contributed by atoms with van der Waals surface area (Å²) in [4.78, 5) is 4.49. The van der Waals surface area contributed by atoms with E-state index in [4.69, 9.17) is 9.26 Å². The van der Waals surface area contributed by atoms with E-state index in [0.717, 1.165) is 41.0 Å². The maximum Gasteiger partial charge on any atom is 0.237 e. The fraction of sp³-hybridized carbons (Fsp3) is 0.474. The largest absolute Gasteiger partial charge is 0.376 e. The molecule has 4 rings (SSSR count). The third-order valence-corrected chi connectivity index (χ3v) is 6.53. The summed E-state index contributed by atoms with van der Waals surface area (Å²) in [7, 11) is 0. The lowest BCUT2D eigenvalue weighted by Gasteiger charge is -2.08. The Morgan fingerprint density at radius 2 is 2.11 bits per heavy atom. The molecule has 1 fully saturated rings. The van der Waals surface area contributed by atoms with Crippen molar-refractivity contribution in [3.63, 3.8) is 0 Å². The molecule has 1 aromatic carbocycles. The average molecular weight is 418 g/mol. The number of thioether (sulfide) groups is 1. The topological polar surface area (TPSA) is 86.0 Å². The number of hydrogen-bond donors (Lipinski definition) is 1. The molecule has 1 N–H and O–H groups in total. The monoisotopic (exact) mass is 417 g/mol. The highest BCUT2D eigenvalue weighted by Crippen LogP contribution is 2.29. The highest BCUT2D eigenvalue weighted by Gasteiger charge is 2.16. The lowest BCUT2D eigenvalue weighted by molar-refractivity contribution is 0.120. The number of rotatable bonds is 8. The highest BCUT2D eigenvalue weighted by molar-refractivity contribution is 8.00. The molecule has 1 aliphatic heterocycles. The maximum absolute atomic E-state index is 5.60.